The zero-order chi connectivity index (χ0) is 32.1. The van der Waals surface area contributed by atoms with Crippen molar-refractivity contribution in [2.75, 3.05) is 55.6 Å². The van der Waals surface area contributed by atoms with Gasteiger partial charge in [-0.2, -0.15) is 0 Å². The van der Waals surface area contributed by atoms with Gasteiger partial charge in [-0.15, -0.1) is 0 Å². The topological polar surface area (TPSA) is 72.9 Å². The van der Waals surface area contributed by atoms with Gasteiger partial charge < -0.3 is 28.8 Å². The van der Waals surface area contributed by atoms with E-state index in [1.165, 1.54) is 16.7 Å². The van der Waals surface area contributed by atoms with Crippen molar-refractivity contribution in [2.45, 2.75) is 37.8 Å². The first-order valence-electron chi connectivity index (χ1n) is 15.9. The molecule has 0 unspecified atom stereocenters. The average molecular weight is 623 g/mol. The second kappa shape index (κ2) is 12.1. The monoisotopic (exact) mass is 622 g/mol. The second-order valence-electron chi connectivity index (χ2n) is 12.6. The Labute approximate surface area is 271 Å². The Kier molecular flexibility index (Phi) is 7.95. The number of phenolic OH excluding ortho intramolecular Hbond substituents is 1. The lowest BCUT2D eigenvalue weighted by molar-refractivity contribution is 0.220. The number of phenols is 1. The number of benzene rings is 4. The van der Waals surface area contributed by atoms with Crippen LogP contribution in [-0.2, 0) is 25.7 Å². The Morgan fingerprint density at radius 3 is 2.02 bits per heavy atom. The molecule has 7 rings (SSSR count). The van der Waals surface area contributed by atoms with E-state index < -0.39 is 0 Å². The van der Waals surface area contributed by atoms with Gasteiger partial charge in [0.05, 0.1) is 28.4 Å². The summed E-state index contributed by atoms with van der Waals surface area (Å²) in [6.45, 7) is 1.81. The summed E-state index contributed by atoms with van der Waals surface area (Å²) in [5.41, 5.74) is 8.59. The van der Waals surface area contributed by atoms with E-state index in [-0.39, 0.29) is 17.8 Å². The number of hydrogen-bond acceptors (Lipinski definition) is 8. The molecule has 0 radical (unpaired) electrons. The fourth-order valence-corrected chi connectivity index (χ4v) is 7.55. The molecule has 46 heavy (non-hydrogen) atoms. The Bertz CT molecular complexity index is 1800. The molecule has 3 aliphatic heterocycles. The van der Waals surface area contributed by atoms with Crippen molar-refractivity contribution in [3.05, 3.63) is 88.0 Å². The van der Waals surface area contributed by atoms with Gasteiger partial charge in [0.2, 0.25) is 5.75 Å². The maximum atomic E-state index is 11.2. The van der Waals surface area contributed by atoms with Crippen LogP contribution in [0.15, 0.2) is 54.6 Å². The number of rotatable bonds is 4. The Hall–Kier alpha value is -4.40. The van der Waals surface area contributed by atoms with Gasteiger partial charge in [0.25, 0.3) is 0 Å². The van der Waals surface area contributed by atoms with Crippen molar-refractivity contribution in [2.24, 2.45) is 0 Å². The summed E-state index contributed by atoms with van der Waals surface area (Å²) < 4.78 is 30.7. The molecule has 8 heteroatoms. The van der Waals surface area contributed by atoms with Crippen LogP contribution in [0.3, 0.4) is 0 Å². The molecule has 0 saturated heterocycles. The van der Waals surface area contributed by atoms with Crippen LogP contribution in [0.2, 0.25) is 0 Å². The lowest BCUT2D eigenvalue weighted by Gasteiger charge is -2.37. The third kappa shape index (κ3) is 5.10. The molecule has 0 saturated carbocycles. The van der Waals surface area contributed by atoms with Crippen LogP contribution in [0.1, 0.15) is 45.5 Å². The van der Waals surface area contributed by atoms with Crippen molar-refractivity contribution < 1.29 is 28.8 Å². The van der Waals surface area contributed by atoms with E-state index in [1.54, 1.807) is 28.4 Å². The minimum absolute atomic E-state index is 0.0184. The standard InChI is InChI=1S/C38H42N2O6/c1-39-13-11-24-19-33(43-4)34-21-26(24)29(39)17-22-7-9-31(41)27(15-22)28-16-23(8-10-32(28)42-3)18-30-36-25(12-14-40(30)2)20-35(44-5)37(45-6)38(36)46-34/h7-10,15-16,19-21,29-30,41H,11-14,17-18H2,1-6H3/t29-,30+/m0/s1. The summed E-state index contributed by atoms with van der Waals surface area (Å²) in [5, 5.41) is 11.2. The van der Waals surface area contributed by atoms with Crippen molar-refractivity contribution in [1.29, 1.82) is 0 Å². The number of likely N-dealkylation sites (N-methyl/N-ethyl adjacent to an activating group) is 2. The van der Waals surface area contributed by atoms with Crippen LogP contribution in [0, 0.1) is 0 Å². The van der Waals surface area contributed by atoms with E-state index in [4.69, 9.17) is 23.7 Å². The number of nitrogens with zero attached hydrogens (tertiary/aromatic N) is 2. The molecule has 2 atom stereocenters. The highest BCUT2D eigenvalue weighted by Crippen LogP contribution is 2.52. The molecule has 240 valence electrons. The first kappa shape index (κ1) is 30.3. The first-order valence-corrected chi connectivity index (χ1v) is 15.9. The van der Waals surface area contributed by atoms with E-state index in [0.29, 0.717) is 35.2 Å². The third-order valence-electron chi connectivity index (χ3n) is 10.1. The molecule has 4 aromatic rings. The van der Waals surface area contributed by atoms with E-state index >= 15 is 0 Å². The average Bonchev–Trinajstić information content (AvgIpc) is 3.07. The number of aromatic hydroxyl groups is 1. The highest BCUT2D eigenvalue weighted by molar-refractivity contribution is 5.77. The highest BCUT2D eigenvalue weighted by Gasteiger charge is 2.35. The molecule has 3 aliphatic rings. The normalized spacial score (nSPS) is 19.1. The smallest absolute Gasteiger partial charge is 0.204 e. The van der Waals surface area contributed by atoms with Crippen LogP contribution in [0.4, 0.5) is 0 Å². The van der Waals surface area contributed by atoms with Gasteiger partial charge in [-0.05, 0) is 110 Å². The number of methoxy groups -OCH3 is 4. The fraction of sp³-hybridized carbons (Fsp3) is 0.368. The molecule has 0 spiro atoms. The predicted octanol–water partition coefficient (Wildman–Crippen LogP) is 6.74. The third-order valence-corrected chi connectivity index (χ3v) is 10.1. The molecule has 0 fully saturated rings. The molecule has 3 heterocycles. The Balaban J connectivity index is 1.53. The number of fused-ring (bicyclic) bond motifs is 6. The lowest BCUT2D eigenvalue weighted by atomic mass is 9.86. The van der Waals surface area contributed by atoms with Gasteiger partial charge in [-0.25, -0.2) is 0 Å². The van der Waals surface area contributed by atoms with E-state index in [0.717, 1.165) is 65.9 Å². The van der Waals surface area contributed by atoms with Gasteiger partial charge in [0, 0.05) is 41.9 Å². The largest absolute Gasteiger partial charge is 0.507 e. The molecular formula is C38H42N2O6. The minimum atomic E-state index is -0.0184. The van der Waals surface area contributed by atoms with Gasteiger partial charge >= 0.3 is 0 Å². The van der Waals surface area contributed by atoms with Crippen LogP contribution in [0.25, 0.3) is 11.1 Å². The molecule has 0 amide bonds. The first-order chi connectivity index (χ1) is 22.3. The molecule has 1 N–H and O–H groups in total. The number of ether oxygens (including phenoxy) is 5. The zero-order valence-electron chi connectivity index (χ0n) is 27.5. The molecule has 4 aromatic carbocycles. The van der Waals surface area contributed by atoms with Crippen LogP contribution in [0.5, 0.6) is 40.2 Å². The van der Waals surface area contributed by atoms with Crippen molar-refractivity contribution in [1.82, 2.24) is 9.80 Å². The molecule has 8 nitrogen and oxygen atoms in total. The summed E-state index contributed by atoms with van der Waals surface area (Å²) in [4.78, 5) is 4.77. The summed E-state index contributed by atoms with van der Waals surface area (Å²) in [6, 6.07) is 18.7. The quantitative estimate of drug-likeness (QED) is 0.268. The predicted molar refractivity (Wildman–Crippen MR) is 178 cm³/mol. The molecular weight excluding hydrogens is 580 g/mol. The SMILES string of the molecule is COc1cc2c3cc1Oc1c(OC)c(OC)cc4c1[C@@H](Cc1ccc(OC)c(c1)-c1cc(ccc1O)C[C@@H]3N(C)CC2)N(C)CC4. The maximum absolute atomic E-state index is 11.2. The lowest BCUT2D eigenvalue weighted by Crippen LogP contribution is -2.34. The highest BCUT2D eigenvalue weighted by atomic mass is 16.5. The number of hydrogen-bond donors (Lipinski definition) is 1. The Morgan fingerprint density at radius 1 is 0.674 bits per heavy atom. The minimum Gasteiger partial charge on any atom is -0.507 e. The van der Waals surface area contributed by atoms with E-state index in [9.17, 15) is 5.11 Å². The van der Waals surface area contributed by atoms with E-state index in [1.807, 2.05) is 18.2 Å². The van der Waals surface area contributed by atoms with Crippen LogP contribution >= 0.6 is 0 Å². The summed E-state index contributed by atoms with van der Waals surface area (Å²) in [5.74, 6) is 4.15. The van der Waals surface area contributed by atoms with Gasteiger partial charge in [-0.1, -0.05) is 12.1 Å². The fourth-order valence-electron chi connectivity index (χ4n) is 7.55. The Morgan fingerprint density at radius 2 is 1.30 bits per heavy atom. The molecule has 0 aromatic heterocycles. The van der Waals surface area contributed by atoms with Gasteiger partial charge in [0.15, 0.2) is 23.0 Å². The van der Waals surface area contributed by atoms with Gasteiger partial charge in [-0.3, -0.25) is 9.80 Å². The van der Waals surface area contributed by atoms with Crippen LogP contribution < -0.4 is 23.7 Å². The summed E-state index contributed by atoms with van der Waals surface area (Å²) in [7, 11) is 11.0. The summed E-state index contributed by atoms with van der Waals surface area (Å²) in [6.07, 6.45) is 3.23. The molecule has 0 aliphatic carbocycles. The van der Waals surface area contributed by atoms with E-state index in [2.05, 4.69) is 60.3 Å². The van der Waals surface area contributed by atoms with Crippen LogP contribution in [-0.4, -0.2) is 70.5 Å². The van der Waals surface area contributed by atoms with Crippen molar-refractivity contribution in [3.63, 3.8) is 0 Å². The summed E-state index contributed by atoms with van der Waals surface area (Å²) >= 11 is 0. The van der Waals surface area contributed by atoms with Crippen molar-refractivity contribution in [3.8, 4) is 51.4 Å². The second-order valence-corrected chi connectivity index (χ2v) is 12.6. The molecule has 6 bridgehead atoms. The maximum Gasteiger partial charge on any atom is 0.204 e. The van der Waals surface area contributed by atoms with Crippen molar-refractivity contribution >= 4 is 0 Å². The van der Waals surface area contributed by atoms with Gasteiger partial charge in [0.1, 0.15) is 11.5 Å². The zero-order valence-corrected chi connectivity index (χ0v) is 27.5.